The molecule has 0 amide bonds. The van der Waals surface area contributed by atoms with Crippen molar-refractivity contribution in [2.24, 2.45) is 0 Å². The summed E-state index contributed by atoms with van der Waals surface area (Å²) in [6.07, 6.45) is 5.38. The summed E-state index contributed by atoms with van der Waals surface area (Å²) in [5, 5.41) is 7.87. The van der Waals surface area contributed by atoms with Crippen molar-refractivity contribution in [1.82, 2.24) is 20.0 Å². The van der Waals surface area contributed by atoms with Crippen LogP contribution in [0.15, 0.2) is 30.7 Å². The molecule has 2 heterocycles. The average Bonchev–Trinajstić information content (AvgIpc) is 2.68. The summed E-state index contributed by atoms with van der Waals surface area (Å²) >= 11 is 5.89. The third kappa shape index (κ3) is 2.53. The molecule has 0 aromatic carbocycles. The molecule has 5 heteroatoms. The number of alkyl halides is 1. The van der Waals surface area contributed by atoms with Crippen LogP contribution in [-0.4, -0.2) is 20.0 Å². The Hall–Kier alpha value is -1.42. The lowest BCUT2D eigenvalue weighted by atomic mass is 10.3. The molecule has 2 aromatic heterocycles. The van der Waals surface area contributed by atoms with Gasteiger partial charge in [-0.15, -0.1) is 16.7 Å². The topological polar surface area (TPSA) is 43.6 Å². The highest BCUT2D eigenvalue weighted by Crippen LogP contribution is 2.15. The number of halogens is 1. The maximum Gasteiger partial charge on any atom is 0.100 e. The average molecular weight is 223 g/mol. The summed E-state index contributed by atoms with van der Waals surface area (Å²) in [5.74, 6) is 0. The lowest BCUT2D eigenvalue weighted by molar-refractivity contribution is 0.648. The number of rotatable bonds is 3. The van der Waals surface area contributed by atoms with Gasteiger partial charge in [0.25, 0.3) is 0 Å². The van der Waals surface area contributed by atoms with E-state index in [9.17, 15) is 0 Å². The van der Waals surface area contributed by atoms with E-state index in [0.29, 0.717) is 6.54 Å². The lowest BCUT2D eigenvalue weighted by Gasteiger charge is -1.99. The van der Waals surface area contributed by atoms with Gasteiger partial charge in [-0.3, -0.25) is 4.98 Å². The van der Waals surface area contributed by atoms with E-state index in [-0.39, 0.29) is 5.38 Å². The first kappa shape index (κ1) is 10.1. The second-order valence-electron chi connectivity index (χ2n) is 3.31. The van der Waals surface area contributed by atoms with Crippen LogP contribution in [0.4, 0.5) is 0 Å². The highest BCUT2D eigenvalue weighted by molar-refractivity contribution is 6.20. The summed E-state index contributed by atoms with van der Waals surface area (Å²) in [6.45, 7) is 2.57. The Labute approximate surface area is 92.9 Å². The maximum atomic E-state index is 5.89. The van der Waals surface area contributed by atoms with Crippen molar-refractivity contribution >= 4 is 11.6 Å². The first-order chi connectivity index (χ1) is 7.25. The molecule has 15 heavy (non-hydrogen) atoms. The predicted molar refractivity (Wildman–Crippen MR) is 57.6 cm³/mol. The van der Waals surface area contributed by atoms with Gasteiger partial charge in [0, 0.05) is 12.4 Å². The monoisotopic (exact) mass is 222 g/mol. The van der Waals surface area contributed by atoms with Crippen LogP contribution in [0.2, 0.25) is 0 Å². The number of hydrogen-bond acceptors (Lipinski definition) is 3. The maximum absolute atomic E-state index is 5.89. The molecule has 78 valence electrons. The van der Waals surface area contributed by atoms with E-state index < -0.39 is 0 Å². The van der Waals surface area contributed by atoms with Gasteiger partial charge in [0.2, 0.25) is 0 Å². The normalized spacial score (nSPS) is 12.7. The zero-order valence-electron chi connectivity index (χ0n) is 8.34. The largest absolute Gasteiger partial charge is 0.265 e. The minimum atomic E-state index is -0.101. The zero-order valence-corrected chi connectivity index (χ0v) is 9.09. The molecule has 0 fully saturated rings. The SMILES string of the molecule is CC(Cl)c1cn(Cc2ccncc2)nn1. The smallest absolute Gasteiger partial charge is 0.100 e. The van der Waals surface area contributed by atoms with Gasteiger partial charge in [-0.25, -0.2) is 4.68 Å². The predicted octanol–water partition coefficient (Wildman–Crippen LogP) is 2.02. The first-order valence-corrected chi connectivity index (χ1v) is 5.12. The molecule has 0 saturated carbocycles. The minimum absolute atomic E-state index is 0.101. The van der Waals surface area contributed by atoms with Crippen LogP contribution in [0.5, 0.6) is 0 Å². The Morgan fingerprint density at radius 3 is 2.73 bits per heavy atom. The fourth-order valence-electron chi connectivity index (χ4n) is 1.25. The highest BCUT2D eigenvalue weighted by atomic mass is 35.5. The fraction of sp³-hybridized carbons (Fsp3) is 0.300. The van der Waals surface area contributed by atoms with Crippen molar-refractivity contribution < 1.29 is 0 Å². The van der Waals surface area contributed by atoms with Gasteiger partial charge in [0.15, 0.2) is 0 Å². The molecule has 0 radical (unpaired) electrons. The summed E-state index contributed by atoms with van der Waals surface area (Å²) in [6, 6.07) is 3.90. The van der Waals surface area contributed by atoms with Crippen LogP contribution < -0.4 is 0 Å². The van der Waals surface area contributed by atoms with Crippen LogP contribution >= 0.6 is 11.6 Å². The van der Waals surface area contributed by atoms with Gasteiger partial charge in [-0.05, 0) is 24.6 Å². The van der Waals surface area contributed by atoms with Crippen LogP contribution in [0.25, 0.3) is 0 Å². The molecule has 0 aliphatic carbocycles. The summed E-state index contributed by atoms with van der Waals surface area (Å²) in [5.41, 5.74) is 1.94. The van der Waals surface area contributed by atoms with E-state index in [2.05, 4.69) is 15.3 Å². The van der Waals surface area contributed by atoms with E-state index in [1.54, 1.807) is 17.1 Å². The van der Waals surface area contributed by atoms with Gasteiger partial charge in [-0.2, -0.15) is 0 Å². The summed E-state index contributed by atoms with van der Waals surface area (Å²) < 4.78 is 1.77. The second-order valence-corrected chi connectivity index (χ2v) is 3.97. The van der Waals surface area contributed by atoms with Gasteiger partial charge in [0.05, 0.1) is 18.1 Å². The molecule has 2 rings (SSSR count). The van der Waals surface area contributed by atoms with Crippen LogP contribution in [0.3, 0.4) is 0 Å². The quantitative estimate of drug-likeness (QED) is 0.747. The first-order valence-electron chi connectivity index (χ1n) is 4.68. The third-order valence-electron chi connectivity index (χ3n) is 2.06. The minimum Gasteiger partial charge on any atom is -0.265 e. The highest BCUT2D eigenvalue weighted by Gasteiger charge is 2.06. The summed E-state index contributed by atoms with van der Waals surface area (Å²) in [4.78, 5) is 3.95. The molecule has 0 spiro atoms. The Kier molecular flexibility index (Phi) is 2.97. The molecular weight excluding hydrogens is 212 g/mol. The van der Waals surface area contributed by atoms with Crippen LogP contribution in [0, 0.1) is 0 Å². The van der Waals surface area contributed by atoms with E-state index in [0.717, 1.165) is 11.3 Å². The molecular formula is C10H11ClN4. The molecule has 0 aliphatic heterocycles. The molecule has 0 bridgehead atoms. The van der Waals surface area contributed by atoms with Crippen molar-refractivity contribution in [3.05, 3.63) is 42.0 Å². The lowest BCUT2D eigenvalue weighted by Crippen LogP contribution is -2.00. The van der Waals surface area contributed by atoms with Crippen molar-refractivity contribution in [2.45, 2.75) is 18.8 Å². The van der Waals surface area contributed by atoms with E-state index >= 15 is 0 Å². The van der Waals surface area contributed by atoms with Crippen molar-refractivity contribution in [3.63, 3.8) is 0 Å². The van der Waals surface area contributed by atoms with Gasteiger partial charge in [0.1, 0.15) is 5.69 Å². The number of hydrogen-bond donors (Lipinski definition) is 0. The van der Waals surface area contributed by atoms with Crippen LogP contribution in [-0.2, 0) is 6.54 Å². The van der Waals surface area contributed by atoms with E-state index in [1.807, 2.05) is 25.3 Å². The fourth-order valence-corrected chi connectivity index (χ4v) is 1.35. The number of aromatic nitrogens is 4. The van der Waals surface area contributed by atoms with Gasteiger partial charge in [-0.1, -0.05) is 5.21 Å². The van der Waals surface area contributed by atoms with Gasteiger partial charge >= 0.3 is 0 Å². The molecule has 1 atom stereocenters. The number of pyridine rings is 1. The molecule has 0 saturated heterocycles. The van der Waals surface area contributed by atoms with Crippen molar-refractivity contribution in [2.75, 3.05) is 0 Å². The van der Waals surface area contributed by atoms with E-state index in [1.165, 1.54) is 0 Å². The standard InChI is InChI=1S/C10H11ClN4/c1-8(11)10-7-15(14-13-10)6-9-2-4-12-5-3-9/h2-5,7-8H,6H2,1H3. The molecule has 0 N–H and O–H groups in total. The van der Waals surface area contributed by atoms with E-state index in [4.69, 9.17) is 11.6 Å². The molecule has 4 nitrogen and oxygen atoms in total. The Morgan fingerprint density at radius 1 is 1.40 bits per heavy atom. The molecule has 2 aromatic rings. The van der Waals surface area contributed by atoms with Gasteiger partial charge < -0.3 is 0 Å². The Bertz CT molecular complexity index is 424. The van der Waals surface area contributed by atoms with Crippen molar-refractivity contribution in [1.29, 1.82) is 0 Å². The Balaban J connectivity index is 2.12. The molecule has 0 aliphatic rings. The molecule has 1 unspecified atom stereocenters. The third-order valence-corrected chi connectivity index (χ3v) is 2.28. The second kappa shape index (κ2) is 4.40. The zero-order chi connectivity index (χ0) is 10.7. The summed E-state index contributed by atoms with van der Waals surface area (Å²) in [7, 11) is 0. The van der Waals surface area contributed by atoms with Crippen LogP contribution in [0.1, 0.15) is 23.6 Å². The van der Waals surface area contributed by atoms with Crippen molar-refractivity contribution in [3.8, 4) is 0 Å². The Morgan fingerprint density at radius 2 is 2.13 bits per heavy atom. The number of nitrogens with zero attached hydrogens (tertiary/aromatic N) is 4.